The number of anilines is 2. The quantitative estimate of drug-likeness (QED) is 0.500. The maximum absolute atomic E-state index is 10.7. The average Bonchev–Trinajstić information content (AvgIpc) is 2.66. The first-order valence-corrected chi connectivity index (χ1v) is 8.79. The number of nitrogens with one attached hydrogen (secondary N) is 1. The van der Waals surface area contributed by atoms with Gasteiger partial charge in [-0.05, 0) is 49.4 Å². The molecule has 7 nitrogen and oxygen atoms in total. The van der Waals surface area contributed by atoms with Gasteiger partial charge in [-0.25, -0.2) is 0 Å². The van der Waals surface area contributed by atoms with Crippen molar-refractivity contribution in [2.24, 2.45) is 5.10 Å². The van der Waals surface area contributed by atoms with Crippen LogP contribution in [0.25, 0.3) is 0 Å². The van der Waals surface area contributed by atoms with Crippen molar-refractivity contribution in [3.63, 3.8) is 0 Å². The van der Waals surface area contributed by atoms with Crippen molar-refractivity contribution in [2.75, 3.05) is 23.4 Å². The molecule has 0 aliphatic carbocycles. The number of hydrogen-bond donors (Lipinski definition) is 2. The number of hydrogen-bond acceptors (Lipinski definition) is 6. The first kappa shape index (κ1) is 16.4. The monoisotopic (exact) mass is 352 g/mol. The molecule has 0 saturated carbocycles. The first-order chi connectivity index (χ1) is 12.6. The molecule has 134 valence electrons. The molecule has 2 heterocycles. The summed E-state index contributed by atoms with van der Waals surface area (Å²) in [5.74, 6) is 0.310. The summed E-state index contributed by atoms with van der Waals surface area (Å²) in [6.07, 6.45) is 5.72. The lowest BCUT2D eigenvalue weighted by Crippen LogP contribution is -2.34. The van der Waals surface area contributed by atoms with Crippen LogP contribution in [0.2, 0.25) is 0 Å². The Morgan fingerprint density at radius 3 is 2.65 bits per heavy atom. The van der Waals surface area contributed by atoms with Gasteiger partial charge in [0, 0.05) is 42.0 Å². The molecular formula is C19H20N4O3. The summed E-state index contributed by atoms with van der Waals surface area (Å²) < 4.78 is 0. The molecule has 4 rings (SSSR count). The molecule has 0 amide bonds. The Bertz CT molecular complexity index is 875. The zero-order valence-corrected chi connectivity index (χ0v) is 14.3. The molecule has 26 heavy (non-hydrogen) atoms. The van der Waals surface area contributed by atoms with Crippen LogP contribution in [0.15, 0.2) is 35.4 Å². The van der Waals surface area contributed by atoms with Gasteiger partial charge < -0.3 is 10.0 Å². The van der Waals surface area contributed by atoms with Gasteiger partial charge in [0.25, 0.3) is 5.69 Å². The molecule has 0 saturated heterocycles. The highest BCUT2D eigenvalue weighted by Gasteiger charge is 2.27. The van der Waals surface area contributed by atoms with Crippen LogP contribution in [0.1, 0.15) is 29.5 Å². The van der Waals surface area contributed by atoms with Gasteiger partial charge in [0.2, 0.25) is 0 Å². The third kappa shape index (κ3) is 2.96. The number of aromatic hydroxyl groups is 1. The van der Waals surface area contributed by atoms with Gasteiger partial charge in [0.05, 0.1) is 16.8 Å². The summed E-state index contributed by atoms with van der Waals surface area (Å²) in [5.41, 5.74) is 7.78. The summed E-state index contributed by atoms with van der Waals surface area (Å²) >= 11 is 0. The molecule has 2 N–H and O–H groups in total. The maximum Gasteiger partial charge on any atom is 0.269 e. The van der Waals surface area contributed by atoms with E-state index in [1.165, 1.54) is 23.4 Å². The largest absolute Gasteiger partial charge is 0.507 e. The van der Waals surface area contributed by atoms with Gasteiger partial charge in [-0.1, -0.05) is 0 Å². The van der Waals surface area contributed by atoms with E-state index in [0.29, 0.717) is 17.0 Å². The third-order valence-corrected chi connectivity index (χ3v) is 5.00. The molecule has 0 bridgehead atoms. The minimum Gasteiger partial charge on any atom is -0.507 e. The Balaban J connectivity index is 1.56. The van der Waals surface area contributed by atoms with Gasteiger partial charge in [0.1, 0.15) is 5.75 Å². The second kappa shape index (κ2) is 6.67. The molecule has 0 aromatic heterocycles. The Kier molecular flexibility index (Phi) is 4.20. The molecule has 0 radical (unpaired) electrons. The second-order valence-electron chi connectivity index (χ2n) is 6.67. The van der Waals surface area contributed by atoms with E-state index in [2.05, 4.69) is 15.4 Å². The first-order valence-electron chi connectivity index (χ1n) is 8.79. The number of nitro benzene ring substituents is 1. The molecule has 0 unspecified atom stereocenters. The molecule has 2 aromatic carbocycles. The number of nitrogens with zero attached hydrogens (tertiary/aromatic N) is 3. The van der Waals surface area contributed by atoms with Crippen molar-refractivity contribution in [1.82, 2.24) is 0 Å². The SMILES string of the molecule is O=[N+]([O-])c1ccc(NN=Cc2cc3c4c(c2O)CCCN4CCC3)cc1. The van der Waals surface area contributed by atoms with Crippen molar-refractivity contribution >= 4 is 23.3 Å². The van der Waals surface area contributed by atoms with Crippen LogP contribution < -0.4 is 10.3 Å². The van der Waals surface area contributed by atoms with Gasteiger partial charge in [-0.2, -0.15) is 5.10 Å². The molecule has 2 aliphatic heterocycles. The number of nitro groups is 1. The predicted molar refractivity (Wildman–Crippen MR) is 101 cm³/mol. The van der Waals surface area contributed by atoms with Crippen LogP contribution in [-0.2, 0) is 12.8 Å². The third-order valence-electron chi connectivity index (χ3n) is 5.00. The Labute approximate surface area is 151 Å². The standard InChI is InChI=1S/C19H20N4O3/c24-19-14(12-20-21-15-5-7-16(8-6-15)23(25)26)11-13-3-1-9-22-10-2-4-17(19)18(13)22/h5-8,11-12,21,24H,1-4,9-10H2. The number of aryl methyl sites for hydroxylation is 1. The van der Waals surface area contributed by atoms with Crippen LogP contribution in [0, 0.1) is 10.1 Å². The van der Waals surface area contributed by atoms with Crippen molar-refractivity contribution in [3.05, 3.63) is 57.1 Å². The summed E-state index contributed by atoms with van der Waals surface area (Å²) in [6.45, 7) is 2.13. The van der Waals surface area contributed by atoms with Crippen LogP contribution in [0.3, 0.4) is 0 Å². The van der Waals surface area contributed by atoms with Gasteiger partial charge in [0.15, 0.2) is 0 Å². The lowest BCUT2D eigenvalue weighted by molar-refractivity contribution is -0.384. The smallest absolute Gasteiger partial charge is 0.269 e. The van der Waals surface area contributed by atoms with Crippen molar-refractivity contribution in [2.45, 2.75) is 25.7 Å². The zero-order valence-electron chi connectivity index (χ0n) is 14.3. The van der Waals surface area contributed by atoms with E-state index < -0.39 is 4.92 Å². The van der Waals surface area contributed by atoms with E-state index in [-0.39, 0.29) is 5.69 Å². The highest BCUT2D eigenvalue weighted by molar-refractivity contribution is 5.88. The van der Waals surface area contributed by atoms with Gasteiger partial charge in [-0.3, -0.25) is 15.5 Å². The minimum absolute atomic E-state index is 0.0375. The van der Waals surface area contributed by atoms with Crippen LogP contribution in [0.5, 0.6) is 5.75 Å². The zero-order chi connectivity index (χ0) is 18.1. The van der Waals surface area contributed by atoms with Crippen molar-refractivity contribution in [3.8, 4) is 5.75 Å². The topological polar surface area (TPSA) is 91.0 Å². The number of non-ortho nitro benzene ring substituents is 1. The number of phenolic OH excluding ortho intramolecular Hbond substituents is 1. The van der Waals surface area contributed by atoms with E-state index in [1.54, 1.807) is 18.3 Å². The highest BCUT2D eigenvalue weighted by Crippen LogP contribution is 2.41. The molecule has 2 aromatic rings. The van der Waals surface area contributed by atoms with Gasteiger partial charge >= 0.3 is 0 Å². The lowest BCUT2D eigenvalue weighted by Gasteiger charge is -2.37. The molecule has 0 fully saturated rings. The minimum atomic E-state index is -0.437. The number of hydrazone groups is 1. The normalized spacial score (nSPS) is 15.8. The number of phenols is 1. The Morgan fingerprint density at radius 2 is 1.92 bits per heavy atom. The van der Waals surface area contributed by atoms with Gasteiger partial charge in [-0.15, -0.1) is 0 Å². The van der Waals surface area contributed by atoms with Crippen molar-refractivity contribution in [1.29, 1.82) is 0 Å². The van der Waals surface area contributed by atoms with E-state index in [1.807, 2.05) is 6.07 Å². The van der Waals surface area contributed by atoms with Crippen molar-refractivity contribution < 1.29 is 10.0 Å². The molecule has 7 heteroatoms. The number of rotatable bonds is 4. The Hall–Kier alpha value is -3.09. The summed E-state index contributed by atoms with van der Waals surface area (Å²) in [4.78, 5) is 12.6. The van der Waals surface area contributed by atoms with E-state index >= 15 is 0 Å². The summed E-state index contributed by atoms with van der Waals surface area (Å²) in [6, 6.07) is 8.07. The fourth-order valence-corrected chi connectivity index (χ4v) is 3.80. The fraction of sp³-hybridized carbons (Fsp3) is 0.316. The molecule has 0 spiro atoms. The molecule has 0 atom stereocenters. The lowest BCUT2D eigenvalue weighted by atomic mass is 9.89. The highest BCUT2D eigenvalue weighted by atomic mass is 16.6. The Morgan fingerprint density at radius 1 is 1.19 bits per heavy atom. The van der Waals surface area contributed by atoms with Crippen LogP contribution in [0.4, 0.5) is 17.1 Å². The van der Waals surface area contributed by atoms with Crippen LogP contribution >= 0.6 is 0 Å². The molecular weight excluding hydrogens is 332 g/mol. The van der Waals surface area contributed by atoms with E-state index in [4.69, 9.17) is 0 Å². The fourth-order valence-electron chi connectivity index (χ4n) is 3.80. The maximum atomic E-state index is 10.7. The second-order valence-corrected chi connectivity index (χ2v) is 6.67. The molecule has 2 aliphatic rings. The van der Waals surface area contributed by atoms with Crippen LogP contribution in [-0.4, -0.2) is 29.3 Å². The summed E-state index contributed by atoms with van der Waals surface area (Å²) in [7, 11) is 0. The predicted octanol–water partition coefficient (Wildman–Crippen LogP) is 3.45. The number of benzene rings is 2. The average molecular weight is 352 g/mol. The van der Waals surface area contributed by atoms with E-state index in [9.17, 15) is 15.2 Å². The van der Waals surface area contributed by atoms with E-state index in [0.717, 1.165) is 44.3 Å². The summed E-state index contributed by atoms with van der Waals surface area (Å²) in [5, 5.41) is 25.5.